The predicted octanol–water partition coefficient (Wildman–Crippen LogP) is -0.619. The number of anilines is 1. The molecule has 15 heavy (non-hydrogen) atoms. The van der Waals surface area contributed by atoms with Gasteiger partial charge in [0.25, 0.3) is 0 Å². The first kappa shape index (κ1) is 11.2. The summed E-state index contributed by atoms with van der Waals surface area (Å²) in [5, 5.41) is 3.52. The number of hydrogen-bond donors (Lipinski definition) is 2. The number of amides is 2. The van der Waals surface area contributed by atoms with Crippen molar-refractivity contribution in [3.63, 3.8) is 0 Å². The molecule has 0 saturated carbocycles. The van der Waals surface area contributed by atoms with Crippen molar-refractivity contribution in [2.24, 2.45) is 0 Å². The van der Waals surface area contributed by atoms with E-state index in [4.69, 9.17) is 9.47 Å². The van der Waals surface area contributed by atoms with E-state index in [1.807, 2.05) is 0 Å². The number of rotatable bonds is 3. The Labute approximate surface area is 86.8 Å². The molecule has 2 amide bonds. The maximum absolute atomic E-state index is 11.0. The van der Waals surface area contributed by atoms with Gasteiger partial charge in [0.05, 0.1) is 20.3 Å². The molecule has 0 aliphatic carbocycles. The van der Waals surface area contributed by atoms with Crippen LogP contribution in [-0.2, 0) is 0 Å². The lowest BCUT2D eigenvalue weighted by Gasteiger charge is -2.06. The van der Waals surface area contributed by atoms with Gasteiger partial charge in [-0.15, -0.1) is 7.05 Å². The summed E-state index contributed by atoms with van der Waals surface area (Å²) in [6.07, 6.45) is 0. The maximum atomic E-state index is 11.0. The van der Waals surface area contributed by atoms with Gasteiger partial charge in [0, 0.05) is 0 Å². The number of methoxy groups -OCH3 is 2. The summed E-state index contributed by atoms with van der Waals surface area (Å²) in [5.74, 6) is 0.721. The van der Waals surface area contributed by atoms with Gasteiger partial charge in [0.15, 0.2) is 0 Å². The van der Waals surface area contributed by atoms with Crippen molar-refractivity contribution in [2.45, 2.75) is 0 Å². The van der Waals surface area contributed by atoms with Gasteiger partial charge in [0.1, 0.15) is 0 Å². The largest absolute Gasteiger partial charge is 0.481 e. The average molecular weight is 212 g/mol. The lowest BCUT2D eigenvalue weighted by molar-refractivity contribution is -0.485. The van der Waals surface area contributed by atoms with E-state index in [1.54, 1.807) is 0 Å². The molecule has 0 saturated heterocycles. The normalized spacial score (nSPS) is 9.53. The van der Waals surface area contributed by atoms with Crippen LogP contribution in [0.25, 0.3) is 0 Å². The first-order valence-corrected chi connectivity index (χ1v) is 4.10. The number of carbonyl (C=O) groups is 1. The van der Waals surface area contributed by atoms with E-state index in [0.29, 0.717) is 11.8 Å². The topological polar surface area (TPSA) is 90.0 Å². The van der Waals surface area contributed by atoms with Gasteiger partial charge >= 0.3 is 6.03 Å². The van der Waals surface area contributed by atoms with Gasteiger partial charge in [-0.1, -0.05) is 0 Å². The number of aromatic nitrogens is 2. The minimum absolute atomic E-state index is 0.108. The highest BCUT2D eigenvalue weighted by Crippen LogP contribution is 2.16. The summed E-state index contributed by atoms with van der Waals surface area (Å²) >= 11 is 0. The fourth-order valence-electron chi connectivity index (χ4n) is 0.830. The van der Waals surface area contributed by atoms with Crippen LogP contribution in [0.3, 0.4) is 0 Å². The molecule has 82 valence electrons. The van der Waals surface area contributed by atoms with Crippen molar-refractivity contribution in [2.75, 3.05) is 19.5 Å². The molecule has 0 aromatic carbocycles. The van der Waals surface area contributed by atoms with Crippen LogP contribution in [0.4, 0.5) is 10.7 Å². The number of nitrogens with one attached hydrogen (secondary N) is 1. The van der Waals surface area contributed by atoms with Crippen molar-refractivity contribution in [1.29, 1.82) is 0 Å². The van der Waals surface area contributed by atoms with Gasteiger partial charge in [-0.05, 0) is 0 Å². The second-order valence-corrected chi connectivity index (χ2v) is 2.47. The minimum atomic E-state index is -0.398. The molecule has 7 nitrogen and oxygen atoms in total. The van der Waals surface area contributed by atoms with E-state index in [1.165, 1.54) is 20.3 Å². The third-order valence-corrected chi connectivity index (χ3v) is 1.52. The van der Waals surface area contributed by atoms with E-state index in [0.717, 1.165) is 5.32 Å². The summed E-state index contributed by atoms with van der Waals surface area (Å²) in [5.41, 5.74) is 0. The fraction of sp³-hybridized carbons (Fsp3) is 0.250. The number of ether oxygens (including phenoxy) is 2. The van der Waals surface area contributed by atoms with E-state index in [2.05, 4.69) is 22.3 Å². The average Bonchev–Trinajstić information content (AvgIpc) is 2.28. The number of nitrogens with zero attached hydrogens (tertiary/aromatic N) is 2. The van der Waals surface area contributed by atoms with Gasteiger partial charge in [0.2, 0.25) is 17.7 Å². The summed E-state index contributed by atoms with van der Waals surface area (Å²) < 4.78 is 9.81. The number of quaternary nitrogens is 1. The smallest absolute Gasteiger partial charge is 0.393 e. The standard InChI is InChI=1S/C8H12N4O3/c1-9-8(13)12-7-10-5(14-2)4-6(11-7)15-3/h4H,1,9H2,2-3H3,(H,10,11,12,13). The lowest BCUT2D eigenvalue weighted by Crippen LogP contribution is -2.83. The number of nitrogens with two attached hydrogens (primary N) is 1. The van der Waals surface area contributed by atoms with Crippen LogP contribution >= 0.6 is 0 Å². The van der Waals surface area contributed by atoms with Crippen LogP contribution in [0.5, 0.6) is 11.8 Å². The molecule has 0 spiro atoms. The Bertz CT molecular complexity index is 333. The Morgan fingerprint density at radius 1 is 1.40 bits per heavy atom. The highest BCUT2D eigenvalue weighted by atomic mass is 16.5. The van der Waals surface area contributed by atoms with Gasteiger partial charge in [-0.25, -0.2) is 10.1 Å². The molecule has 1 rings (SSSR count). The molecule has 0 radical (unpaired) electrons. The van der Waals surface area contributed by atoms with Crippen molar-refractivity contribution in [3.05, 3.63) is 13.1 Å². The van der Waals surface area contributed by atoms with Gasteiger partial charge in [-0.3, -0.25) is 0 Å². The first-order valence-electron chi connectivity index (χ1n) is 4.10. The molecule has 1 aromatic heterocycles. The predicted molar refractivity (Wildman–Crippen MR) is 51.4 cm³/mol. The first-order chi connectivity index (χ1) is 7.19. The number of urea groups is 1. The van der Waals surface area contributed by atoms with Crippen molar-refractivity contribution in [3.8, 4) is 11.8 Å². The van der Waals surface area contributed by atoms with Gasteiger partial charge in [-0.2, -0.15) is 9.97 Å². The second-order valence-electron chi connectivity index (χ2n) is 2.47. The zero-order chi connectivity index (χ0) is 11.3. The van der Waals surface area contributed by atoms with Crippen LogP contribution in [0.2, 0.25) is 0 Å². The van der Waals surface area contributed by atoms with Crippen LogP contribution in [-0.4, -0.2) is 30.2 Å². The molecule has 3 N–H and O–H groups in total. The van der Waals surface area contributed by atoms with Crippen molar-refractivity contribution in [1.82, 2.24) is 9.97 Å². The Hall–Kier alpha value is -1.89. The third kappa shape index (κ3) is 3.06. The quantitative estimate of drug-likeness (QED) is 0.652. The van der Waals surface area contributed by atoms with Crippen LogP contribution in [0.15, 0.2) is 6.07 Å². The van der Waals surface area contributed by atoms with E-state index in [-0.39, 0.29) is 5.95 Å². The molecular formula is C8H12N4O3. The molecule has 1 aromatic rings. The summed E-state index contributed by atoms with van der Waals surface area (Å²) in [6.45, 7) is 0. The second kappa shape index (κ2) is 5.11. The molecular weight excluding hydrogens is 200 g/mol. The SMILES string of the molecule is [CH2-][NH2+]C(=O)Nc1nc(OC)cc(OC)n1. The summed E-state index contributed by atoms with van der Waals surface area (Å²) in [7, 11) is 6.23. The summed E-state index contributed by atoms with van der Waals surface area (Å²) in [4.78, 5) is 18.8. The maximum Gasteiger partial charge on any atom is 0.393 e. The molecule has 0 aliphatic heterocycles. The van der Waals surface area contributed by atoms with E-state index < -0.39 is 6.03 Å². The monoisotopic (exact) mass is 212 g/mol. The zero-order valence-electron chi connectivity index (χ0n) is 8.48. The van der Waals surface area contributed by atoms with E-state index in [9.17, 15) is 4.79 Å². The number of carbonyl (C=O) groups excluding carboxylic acids is 1. The van der Waals surface area contributed by atoms with Crippen LogP contribution < -0.4 is 20.1 Å². The van der Waals surface area contributed by atoms with Crippen LogP contribution in [0, 0.1) is 7.05 Å². The van der Waals surface area contributed by atoms with E-state index >= 15 is 0 Å². The molecule has 0 atom stereocenters. The van der Waals surface area contributed by atoms with Crippen LogP contribution in [0.1, 0.15) is 0 Å². The minimum Gasteiger partial charge on any atom is -0.481 e. The Morgan fingerprint density at radius 2 is 1.93 bits per heavy atom. The fourth-order valence-corrected chi connectivity index (χ4v) is 0.830. The molecule has 1 heterocycles. The molecule has 0 bridgehead atoms. The molecule has 0 fully saturated rings. The molecule has 0 unspecified atom stereocenters. The summed E-state index contributed by atoms with van der Waals surface area (Å²) in [6, 6.07) is 1.11. The van der Waals surface area contributed by atoms with Gasteiger partial charge < -0.3 is 14.8 Å². The lowest BCUT2D eigenvalue weighted by atomic mass is 10.6. The Balaban J connectivity index is 2.91. The Morgan fingerprint density at radius 3 is 2.33 bits per heavy atom. The molecule has 7 heteroatoms. The Kier molecular flexibility index (Phi) is 3.81. The zero-order valence-corrected chi connectivity index (χ0v) is 8.48. The highest BCUT2D eigenvalue weighted by molar-refractivity contribution is 5.79. The van der Waals surface area contributed by atoms with Crippen molar-refractivity contribution < 1.29 is 19.6 Å². The number of hydrogen-bond acceptors (Lipinski definition) is 5. The molecule has 0 aliphatic rings. The number of primary amides is 1. The highest BCUT2D eigenvalue weighted by Gasteiger charge is 2.08. The van der Waals surface area contributed by atoms with Crippen molar-refractivity contribution >= 4 is 12.0 Å². The third-order valence-electron chi connectivity index (χ3n) is 1.52.